The number of hydrogen-bond acceptors (Lipinski definition) is 11. The number of carbonyl (C=O) groups excluding carboxylic acids is 1. The molecule has 12 nitrogen and oxygen atoms in total. The van der Waals surface area contributed by atoms with Crippen molar-refractivity contribution in [3.8, 4) is 17.2 Å². The number of nitrogens with zero attached hydrogens (tertiary/aromatic N) is 1. The van der Waals surface area contributed by atoms with Crippen molar-refractivity contribution in [1.29, 1.82) is 0 Å². The van der Waals surface area contributed by atoms with Gasteiger partial charge in [-0.15, -0.1) is 0 Å². The van der Waals surface area contributed by atoms with E-state index in [4.69, 9.17) is 30.6 Å². The highest BCUT2D eigenvalue weighted by Gasteiger charge is 2.27. The molecule has 4 aromatic rings. The van der Waals surface area contributed by atoms with Crippen LogP contribution in [0.15, 0.2) is 71.9 Å². The molecule has 4 aromatic carbocycles. The summed E-state index contributed by atoms with van der Waals surface area (Å²) in [4.78, 5) is 18.4. The van der Waals surface area contributed by atoms with Gasteiger partial charge < -0.3 is 50.1 Å². The number of methoxy groups -OCH3 is 1. The minimum atomic E-state index is -0.437. The van der Waals surface area contributed by atoms with Crippen LogP contribution in [0.5, 0.6) is 17.2 Å². The number of halogens is 1. The summed E-state index contributed by atoms with van der Waals surface area (Å²) < 4.78 is 17.7. The Morgan fingerprint density at radius 3 is 2.02 bits per heavy atom. The molecule has 0 bridgehead atoms. The molecule has 6 rings (SSSR count). The van der Waals surface area contributed by atoms with Gasteiger partial charge in [0.2, 0.25) is 0 Å². The van der Waals surface area contributed by atoms with Crippen molar-refractivity contribution in [1.82, 2.24) is 5.32 Å². The molecule has 1 amide bonds. The molecule has 2 aliphatic heterocycles. The Bertz CT molecular complexity index is 1980. The van der Waals surface area contributed by atoms with Crippen LogP contribution in [0.2, 0.25) is 5.02 Å². The zero-order valence-electron chi connectivity index (χ0n) is 31.6. The first-order valence-corrected chi connectivity index (χ1v) is 19.5. The molecule has 2 aliphatic rings. The summed E-state index contributed by atoms with van der Waals surface area (Å²) in [7, 11) is 1.61. The Morgan fingerprint density at radius 2 is 1.36 bits per heavy atom. The highest BCUT2D eigenvalue weighted by Crippen LogP contribution is 2.37. The molecule has 56 heavy (non-hydrogen) atoms. The minimum absolute atomic E-state index is 0.175. The fourth-order valence-corrected chi connectivity index (χ4v) is 7.25. The maximum atomic E-state index is 12.6. The molecule has 0 radical (unpaired) electrons. The predicted octanol–water partition coefficient (Wildman–Crippen LogP) is 7.23. The first-order chi connectivity index (χ1) is 27.3. The van der Waals surface area contributed by atoms with E-state index in [1.54, 1.807) is 37.4 Å². The van der Waals surface area contributed by atoms with Gasteiger partial charge in [0.25, 0.3) is 5.91 Å². The van der Waals surface area contributed by atoms with Crippen LogP contribution in [0.4, 0.5) is 5.69 Å². The third-order valence-electron chi connectivity index (χ3n) is 10.2. The van der Waals surface area contributed by atoms with Gasteiger partial charge in [-0.3, -0.25) is 4.79 Å². The van der Waals surface area contributed by atoms with Gasteiger partial charge >= 0.3 is 0 Å². The summed E-state index contributed by atoms with van der Waals surface area (Å²) in [6, 6.07) is 20.0. The zero-order valence-corrected chi connectivity index (χ0v) is 32.3. The molecule has 0 saturated carbocycles. The number of ether oxygens (including phenoxy) is 3. The van der Waals surface area contributed by atoms with Crippen LogP contribution in [0.25, 0.3) is 0 Å². The highest BCUT2D eigenvalue weighted by molar-refractivity contribution is 6.31. The van der Waals surface area contributed by atoms with Gasteiger partial charge in [-0.2, -0.15) is 0 Å². The maximum absolute atomic E-state index is 12.6. The van der Waals surface area contributed by atoms with Crippen LogP contribution in [0.1, 0.15) is 113 Å². The van der Waals surface area contributed by atoms with Crippen molar-refractivity contribution >= 4 is 28.9 Å². The summed E-state index contributed by atoms with van der Waals surface area (Å²) in [6.45, 7) is 0.153. The average molecular weight is 788 g/mol. The number of oxime groups is 1. The van der Waals surface area contributed by atoms with Crippen molar-refractivity contribution in [2.75, 3.05) is 25.6 Å². The van der Waals surface area contributed by atoms with E-state index in [0.717, 1.165) is 61.6 Å². The number of aliphatic hydroxyl groups excluding tert-OH is 4. The maximum Gasteiger partial charge on any atom is 0.255 e. The fourth-order valence-electron chi connectivity index (χ4n) is 7.08. The molecule has 0 saturated heterocycles. The molecule has 2 unspecified atom stereocenters. The van der Waals surface area contributed by atoms with Gasteiger partial charge in [-0.05, 0) is 95.3 Å². The van der Waals surface area contributed by atoms with Gasteiger partial charge in [-0.1, -0.05) is 61.0 Å². The van der Waals surface area contributed by atoms with Crippen molar-refractivity contribution in [3.05, 3.63) is 116 Å². The summed E-state index contributed by atoms with van der Waals surface area (Å²) >= 11 is 6.05. The molecular weight excluding hydrogens is 738 g/mol. The van der Waals surface area contributed by atoms with E-state index in [1.807, 2.05) is 36.4 Å². The SMILES string of the molecule is COc1ccc(C2CC(c3cc(CO)c(CO)c(CO)c3)=NO2)cc1OCCCCCCCCCOc1ccc(C2NC(=O)c3cc(Cl)ccc3N2)cc1CO. The lowest BCUT2D eigenvalue weighted by atomic mass is 9.94. The molecule has 298 valence electrons. The number of unbranched alkanes of at least 4 members (excludes halogenated alkanes) is 6. The standard InChI is InChI=1S/C43H50ClN3O9/c1-53-39-14-9-27(40-22-37(47-56-40)29-18-30(23-48)35(26-51)31(19-29)24-49)20-41(39)55-16-8-6-4-2-3-5-7-15-54-38-13-10-28(17-32(38)25-50)42-45-36-12-11-33(44)21-34(36)43(52)46-42/h9-14,17-21,40,42,45,48-51H,2-8,15-16,22-26H2,1H3,(H,46,52). The highest BCUT2D eigenvalue weighted by atomic mass is 35.5. The van der Waals surface area contributed by atoms with Crippen molar-refractivity contribution < 1.29 is 44.3 Å². The van der Waals surface area contributed by atoms with Gasteiger partial charge in [0.05, 0.1) is 58.0 Å². The molecule has 0 spiro atoms. The number of aliphatic hydroxyl groups is 4. The number of benzene rings is 4. The Hall–Kier alpha value is -4.85. The van der Waals surface area contributed by atoms with Crippen molar-refractivity contribution in [3.63, 3.8) is 0 Å². The molecule has 6 N–H and O–H groups in total. The summed E-state index contributed by atoms with van der Waals surface area (Å²) in [6.07, 6.45) is 6.96. The van der Waals surface area contributed by atoms with E-state index in [9.17, 15) is 25.2 Å². The molecule has 0 fully saturated rings. The van der Waals surface area contributed by atoms with E-state index < -0.39 is 6.17 Å². The summed E-state index contributed by atoms with van der Waals surface area (Å²) in [5.41, 5.74) is 6.64. The van der Waals surface area contributed by atoms with Crippen LogP contribution < -0.4 is 24.8 Å². The fraction of sp³-hybridized carbons (Fsp3) is 0.395. The number of anilines is 1. The van der Waals surface area contributed by atoms with Crippen molar-refractivity contribution in [2.24, 2.45) is 5.16 Å². The molecule has 2 atom stereocenters. The molecular formula is C43H50ClN3O9. The number of hydrogen-bond donors (Lipinski definition) is 6. The van der Waals surface area contributed by atoms with E-state index in [1.165, 1.54) is 0 Å². The second-order valence-corrected chi connectivity index (χ2v) is 14.4. The third-order valence-corrected chi connectivity index (χ3v) is 10.4. The Morgan fingerprint density at radius 1 is 0.714 bits per heavy atom. The van der Waals surface area contributed by atoms with Crippen molar-refractivity contribution in [2.45, 2.75) is 90.1 Å². The zero-order chi connectivity index (χ0) is 39.4. The van der Waals surface area contributed by atoms with E-state index in [2.05, 4.69) is 15.8 Å². The van der Waals surface area contributed by atoms with Crippen LogP contribution in [-0.4, -0.2) is 52.4 Å². The average Bonchev–Trinajstić information content (AvgIpc) is 3.73. The second-order valence-electron chi connectivity index (χ2n) is 13.9. The van der Waals surface area contributed by atoms with Gasteiger partial charge in [0.1, 0.15) is 11.9 Å². The summed E-state index contributed by atoms with van der Waals surface area (Å²) in [5.74, 6) is 1.72. The first-order valence-electron chi connectivity index (χ1n) is 19.1. The second kappa shape index (κ2) is 19.8. The van der Waals surface area contributed by atoms with Gasteiger partial charge in [0, 0.05) is 28.3 Å². The van der Waals surface area contributed by atoms with E-state index in [0.29, 0.717) is 81.1 Å². The lowest BCUT2D eigenvalue weighted by molar-refractivity contribution is 0.0854. The van der Waals surface area contributed by atoms with E-state index in [-0.39, 0.29) is 38.4 Å². The summed E-state index contributed by atoms with van der Waals surface area (Å²) in [5, 5.41) is 50.4. The number of amides is 1. The number of carbonyl (C=O) groups is 1. The quantitative estimate of drug-likeness (QED) is 0.0503. The number of rotatable bonds is 20. The minimum Gasteiger partial charge on any atom is -0.493 e. The third kappa shape index (κ3) is 9.93. The Labute approximate surface area is 332 Å². The van der Waals surface area contributed by atoms with E-state index >= 15 is 0 Å². The normalized spacial score (nSPS) is 16.0. The first kappa shape index (κ1) is 40.8. The Kier molecular flexibility index (Phi) is 14.5. The van der Waals surface area contributed by atoms with Crippen LogP contribution in [0, 0.1) is 0 Å². The number of nitrogens with one attached hydrogen (secondary N) is 2. The molecule has 0 aromatic heterocycles. The largest absolute Gasteiger partial charge is 0.493 e. The monoisotopic (exact) mass is 787 g/mol. The number of fused-ring (bicyclic) bond motifs is 1. The lowest BCUT2D eigenvalue weighted by Gasteiger charge is -2.28. The van der Waals surface area contributed by atoms with Gasteiger partial charge in [0.15, 0.2) is 17.6 Å². The van der Waals surface area contributed by atoms with Gasteiger partial charge in [-0.25, -0.2) is 0 Å². The molecule has 0 aliphatic carbocycles. The molecule has 2 heterocycles. The van der Waals surface area contributed by atoms with Crippen LogP contribution in [-0.2, 0) is 31.3 Å². The molecule has 13 heteroatoms. The predicted molar refractivity (Wildman–Crippen MR) is 213 cm³/mol. The smallest absolute Gasteiger partial charge is 0.255 e. The van der Waals surface area contributed by atoms with Crippen LogP contribution >= 0.6 is 11.6 Å². The van der Waals surface area contributed by atoms with Crippen LogP contribution in [0.3, 0.4) is 0 Å². The topological polar surface area (TPSA) is 171 Å². The lowest BCUT2D eigenvalue weighted by Crippen LogP contribution is -2.38. The Balaban J connectivity index is 0.879.